The molecule has 1 aromatic carbocycles. The van der Waals surface area contributed by atoms with E-state index in [1.807, 2.05) is 0 Å². The molecule has 1 aliphatic heterocycles. The number of hydrogen-bond acceptors (Lipinski definition) is 3. The number of aryl methyl sites for hydroxylation is 1. The van der Waals surface area contributed by atoms with Crippen molar-refractivity contribution in [2.24, 2.45) is 0 Å². The third kappa shape index (κ3) is 5.97. The van der Waals surface area contributed by atoms with Gasteiger partial charge in [0, 0.05) is 23.3 Å². The third-order valence-corrected chi connectivity index (χ3v) is 7.07. The normalized spacial score (nSPS) is 17.2. The SMILES string of the molecule is c1ccc2c(NCCCCCCCCCN3CCCCC3)c3c(nc2c1)CCCC3. The second-order valence-corrected chi connectivity index (χ2v) is 9.44. The van der Waals surface area contributed by atoms with E-state index in [2.05, 4.69) is 34.5 Å². The molecule has 0 bridgehead atoms. The van der Waals surface area contributed by atoms with Gasteiger partial charge in [0.05, 0.1) is 5.52 Å². The first-order valence-electron chi connectivity index (χ1n) is 12.8. The lowest BCUT2D eigenvalue weighted by Crippen LogP contribution is -2.30. The summed E-state index contributed by atoms with van der Waals surface area (Å²) in [6, 6.07) is 8.67. The Labute approximate surface area is 183 Å². The molecule has 4 rings (SSSR count). The number of aromatic nitrogens is 1. The molecule has 2 heterocycles. The number of likely N-dealkylation sites (tertiary alicyclic amines) is 1. The minimum Gasteiger partial charge on any atom is -0.384 e. The second-order valence-electron chi connectivity index (χ2n) is 9.44. The average Bonchev–Trinajstić information content (AvgIpc) is 2.80. The van der Waals surface area contributed by atoms with E-state index in [1.165, 1.54) is 125 Å². The summed E-state index contributed by atoms with van der Waals surface area (Å²) in [6.07, 6.45) is 18.9. The highest BCUT2D eigenvalue weighted by atomic mass is 15.1. The van der Waals surface area contributed by atoms with E-state index in [-0.39, 0.29) is 0 Å². The van der Waals surface area contributed by atoms with Crippen LogP contribution >= 0.6 is 0 Å². The lowest BCUT2D eigenvalue weighted by Gasteiger charge is -2.26. The quantitative estimate of drug-likeness (QED) is 0.418. The molecule has 3 heteroatoms. The Morgan fingerprint density at radius 1 is 0.767 bits per heavy atom. The molecule has 0 spiro atoms. The molecule has 1 N–H and O–H groups in total. The summed E-state index contributed by atoms with van der Waals surface area (Å²) >= 11 is 0. The lowest BCUT2D eigenvalue weighted by molar-refractivity contribution is 0.224. The summed E-state index contributed by atoms with van der Waals surface area (Å²) in [6.45, 7) is 5.13. The van der Waals surface area contributed by atoms with Crippen molar-refractivity contribution in [3.8, 4) is 0 Å². The van der Waals surface area contributed by atoms with E-state index in [0.717, 1.165) is 18.5 Å². The molecule has 1 aromatic heterocycles. The number of nitrogens with zero attached hydrogens (tertiary/aromatic N) is 2. The van der Waals surface area contributed by atoms with Crippen LogP contribution in [0.15, 0.2) is 24.3 Å². The number of para-hydroxylation sites is 1. The van der Waals surface area contributed by atoms with Gasteiger partial charge in [-0.15, -0.1) is 0 Å². The van der Waals surface area contributed by atoms with Crippen LogP contribution in [-0.2, 0) is 12.8 Å². The number of nitrogens with one attached hydrogen (secondary N) is 1. The van der Waals surface area contributed by atoms with Gasteiger partial charge in [-0.05, 0) is 82.6 Å². The number of benzene rings is 1. The first-order valence-corrected chi connectivity index (χ1v) is 12.8. The largest absolute Gasteiger partial charge is 0.384 e. The minimum atomic E-state index is 1.09. The smallest absolute Gasteiger partial charge is 0.0726 e. The molecule has 2 aromatic rings. The van der Waals surface area contributed by atoms with E-state index in [4.69, 9.17) is 4.98 Å². The summed E-state index contributed by atoms with van der Waals surface area (Å²) < 4.78 is 0. The summed E-state index contributed by atoms with van der Waals surface area (Å²) in [4.78, 5) is 7.63. The Bertz CT molecular complexity index is 779. The molecule has 0 atom stereocenters. The molecule has 0 unspecified atom stereocenters. The first kappa shape index (κ1) is 21.6. The van der Waals surface area contributed by atoms with E-state index >= 15 is 0 Å². The molecule has 3 nitrogen and oxygen atoms in total. The van der Waals surface area contributed by atoms with Crippen LogP contribution in [-0.4, -0.2) is 36.1 Å². The van der Waals surface area contributed by atoms with Crippen molar-refractivity contribution in [2.75, 3.05) is 31.5 Å². The van der Waals surface area contributed by atoms with Gasteiger partial charge in [0.1, 0.15) is 0 Å². The molecule has 1 aliphatic carbocycles. The van der Waals surface area contributed by atoms with Gasteiger partial charge < -0.3 is 10.2 Å². The van der Waals surface area contributed by atoms with Gasteiger partial charge in [-0.1, -0.05) is 56.7 Å². The van der Waals surface area contributed by atoms with Gasteiger partial charge in [0.25, 0.3) is 0 Å². The fourth-order valence-electron chi connectivity index (χ4n) is 5.32. The van der Waals surface area contributed by atoms with Crippen molar-refractivity contribution in [3.05, 3.63) is 35.5 Å². The highest BCUT2D eigenvalue weighted by Crippen LogP contribution is 2.33. The Morgan fingerprint density at radius 2 is 1.50 bits per heavy atom. The average molecular weight is 408 g/mol. The number of fused-ring (bicyclic) bond motifs is 2. The number of pyridine rings is 1. The Kier molecular flexibility index (Phi) is 8.42. The molecule has 164 valence electrons. The van der Waals surface area contributed by atoms with Gasteiger partial charge in [0.15, 0.2) is 0 Å². The van der Waals surface area contributed by atoms with E-state index in [9.17, 15) is 0 Å². The van der Waals surface area contributed by atoms with E-state index in [1.54, 1.807) is 0 Å². The van der Waals surface area contributed by atoms with Crippen LogP contribution in [0.1, 0.15) is 88.3 Å². The van der Waals surface area contributed by atoms with Crippen LogP contribution < -0.4 is 5.32 Å². The molecule has 0 saturated carbocycles. The van der Waals surface area contributed by atoms with Crippen molar-refractivity contribution < 1.29 is 0 Å². The van der Waals surface area contributed by atoms with Crippen molar-refractivity contribution in [1.82, 2.24) is 9.88 Å². The van der Waals surface area contributed by atoms with Crippen LogP contribution in [0.2, 0.25) is 0 Å². The zero-order chi connectivity index (χ0) is 20.4. The molecule has 30 heavy (non-hydrogen) atoms. The van der Waals surface area contributed by atoms with Crippen LogP contribution in [0.3, 0.4) is 0 Å². The zero-order valence-electron chi connectivity index (χ0n) is 18.9. The summed E-state index contributed by atoms with van der Waals surface area (Å²) in [5.41, 5.74) is 5.37. The molecule has 2 aliphatic rings. The maximum atomic E-state index is 4.96. The summed E-state index contributed by atoms with van der Waals surface area (Å²) in [5, 5.41) is 5.13. The van der Waals surface area contributed by atoms with Crippen LogP contribution in [0.5, 0.6) is 0 Å². The van der Waals surface area contributed by atoms with Crippen molar-refractivity contribution in [2.45, 2.75) is 89.9 Å². The number of rotatable bonds is 11. The van der Waals surface area contributed by atoms with Crippen LogP contribution in [0, 0.1) is 0 Å². The topological polar surface area (TPSA) is 28.2 Å². The fraction of sp³-hybridized carbons (Fsp3) is 0.667. The van der Waals surface area contributed by atoms with Gasteiger partial charge >= 0.3 is 0 Å². The Balaban J connectivity index is 1.14. The van der Waals surface area contributed by atoms with Crippen molar-refractivity contribution in [3.63, 3.8) is 0 Å². The van der Waals surface area contributed by atoms with Crippen LogP contribution in [0.4, 0.5) is 5.69 Å². The fourth-order valence-corrected chi connectivity index (χ4v) is 5.32. The predicted molar refractivity (Wildman–Crippen MR) is 129 cm³/mol. The lowest BCUT2D eigenvalue weighted by atomic mass is 9.92. The summed E-state index contributed by atoms with van der Waals surface area (Å²) in [7, 11) is 0. The number of anilines is 1. The van der Waals surface area contributed by atoms with E-state index < -0.39 is 0 Å². The molecular weight excluding hydrogens is 366 g/mol. The van der Waals surface area contributed by atoms with Crippen molar-refractivity contribution in [1.29, 1.82) is 0 Å². The van der Waals surface area contributed by atoms with Crippen LogP contribution in [0.25, 0.3) is 10.9 Å². The first-order chi connectivity index (χ1) is 14.9. The number of unbranched alkanes of at least 4 members (excludes halogenated alkanes) is 6. The zero-order valence-corrected chi connectivity index (χ0v) is 18.9. The molecule has 1 fully saturated rings. The monoisotopic (exact) mass is 407 g/mol. The Morgan fingerprint density at radius 3 is 2.37 bits per heavy atom. The third-order valence-electron chi connectivity index (χ3n) is 7.07. The Hall–Kier alpha value is -1.61. The van der Waals surface area contributed by atoms with E-state index in [0.29, 0.717) is 0 Å². The maximum Gasteiger partial charge on any atom is 0.0726 e. The molecule has 0 radical (unpaired) electrons. The van der Waals surface area contributed by atoms with Gasteiger partial charge in [-0.3, -0.25) is 4.98 Å². The number of piperidine rings is 1. The maximum absolute atomic E-state index is 4.96. The highest BCUT2D eigenvalue weighted by Gasteiger charge is 2.17. The minimum absolute atomic E-state index is 1.09. The van der Waals surface area contributed by atoms with Crippen molar-refractivity contribution >= 4 is 16.6 Å². The number of hydrogen-bond donors (Lipinski definition) is 1. The highest BCUT2D eigenvalue weighted by molar-refractivity contribution is 5.93. The molecular formula is C27H41N3. The van der Waals surface area contributed by atoms with Gasteiger partial charge in [-0.2, -0.15) is 0 Å². The predicted octanol–water partition coefficient (Wildman–Crippen LogP) is 6.74. The van der Waals surface area contributed by atoms with Gasteiger partial charge in [-0.25, -0.2) is 0 Å². The molecule has 1 saturated heterocycles. The molecule has 0 amide bonds. The second kappa shape index (κ2) is 11.7. The summed E-state index contributed by atoms with van der Waals surface area (Å²) in [5.74, 6) is 0. The standard InChI is InChI=1S/C27H41N3/c1(3-5-12-20-30-21-13-6-14-22-30)2-4-11-19-28-27-23-15-7-9-17-25(23)29-26-18-10-8-16-24(26)27/h7,9,15,17H,1-6,8,10-14,16,18-22H2,(H,28,29). The van der Waals surface area contributed by atoms with Gasteiger partial charge in [0.2, 0.25) is 0 Å².